The third kappa shape index (κ3) is 5.60. The number of rotatable bonds is 11. The summed E-state index contributed by atoms with van der Waals surface area (Å²) < 4.78 is 28.7. The van der Waals surface area contributed by atoms with Gasteiger partial charge in [-0.1, -0.05) is 44.1 Å². The van der Waals surface area contributed by atoms with Crippen LogP contribution in [0, 0.1) is 17.0 Å². The summed E-state index contributed by atoms with van der Waals surface area (Å²) in [6, 6.07) is 9.07. The fourth-order valence-electron chi connectivity index (χ4n) is 3.52. The van der Waals surface area contributed by atoms with Gasteiger partial charge in [0, 0.05) is 30.3 Å². The van der Waals surface area contributed by atoms with Crippen molar-refractivity contribution in [3.63, 3.8) is 0 Å². The minimum absolute atomic E-state index is 0.137. The molecule has 0 atom stereocenters. The normalized spacial score (nSPS) is 11.8. The van der Waals surface area contributed by atoms with E-state index in [4.69, 9.17) is 0 Å². The molecule has 0 aliphatic heterocycles. The maximum absolute atomic E-state index is 13.3. The quantitative estimate of drug-likeness (QED) is 0.277. The van der Waals surface area contributed by atoms with Crippen LogP contribution < -0.4 is 5.32 Å². The molecular formula is C23H28N4O5S2. The molecule has 0 aliphatic carbocycles. The van der Waals surface area contributed by atoms with Crippen LogP contribution in [0.15, 0.2) is 41.3 Å². The number of unbranched alkanes of at least 4 members (excludes halogenated alkanes) is 2. The lowest BCUT2D eigenvalue weighted by Crippen LogP contribution is -2.33. The second-order valence-corrected chi connectivity index (χ2v) is 10.9. The average molecular weight is 505 g/mol. The van der Waals surface area contributed by atoms with E-state index in [0.717, 1.165) is 37.0 Å². The van der Waals surface area contributed by atoms with Gasteiger partial charge in [0.1, 0.15) is 0 Å². The van der Waals surface area contributed by atoms with Crippen LogP contribution in [0.4, 0.5) is 10.8 Å². The van der Waals surface area contributed by atoms with Crippen molar-refractivity contribution in [3.8, 4) is 0 Å². The molecule has 182 valence electrons. The molecule has 1 heterocycles. The second kappa shape index (κ2) is 11.0. The maximum atomic E-state index is 13.3. The summed E-state index contributed by atoms with van der Waals surface area (Å²) in [4.78, 5) is 27.9. The van der Waals surface area contributed by atoms with E-state index in [1.165, 1.54) is 29.4 Å². The summed E-state index contributed by atoms with van der Waals surface area (Å²) in [5.74, 6) is -0.515. The monoisotopic (exact) mass is 504 g/mol. The molecule has 2 aromatic carbocycles. The minimum atomic E-state index is -3.65. The first-order valence-corrected chi connectivity index (χ1v) is 13.4. The van der Waals surface area contributed by atoms with Crippen molar-refractivity contribution in [1.82, 2.24) is 9.29 Å². The predicted molar refractivity (Wildman–Crippen MR) is 134 cm³/mol. The summed E-state index contributed by atoms with van der Waals surface area (Å²) in [7, 11) is -3.65. The molecular weight excluding hydrogens is 476 g/mol. The number of carbonyl (C=O) groups is 1. The number of aromatic nitrogens is 1. The third-order valence-electron chi connectivity index (χ3n) is 5.49. The molecule has 3 rings (SSSR count). The van der Waals surface area contributed by atoms with Crippen molar-refractivity contribution in [2.75, 3.05) is 18.4 Å². The standard InChI is InChI=1S/C23H28N4O5S2/c1-4-6-13-26(14-7-5-2)34(31,32)17-11-12-19-21(15-17)33-23(24-19)25-22(28)18-9-8-10-20(16(18)3)27(29)30/h8-12,15H,4-7,13-14H2,1-3H3,(H,24,25,28). The van der Waals surface area contributed by atoms with Gasteiger partial charge in [0.05, 0.1) is 20.0 Å². The zero-order valence-electron chi connectivity index (χ0n) is 19.4. The Morgan fingerprint density at radius 2 is 1.82 bits per heavy atom. The first-order valence-electron chi connectivity index (χ1n) is 11.1. The number of fused-ring (bicyclic) bond motifs is 1. The molecule has 1 amide bonds. The molecule has 0 bridgehead atoms. The molecule has 0 fully saturated rings. The van der Waals surface area contributed by atoms with Crippen molar-refractivity contribution in [2.24, 2.45) is 0 Å². The van der Waals surface area contributed by atoms with E-state index >= 15 is 0 Å². The second-order valence-electron chi connectivity index (χ2n) is 7.92. The highest BCUT2D eigenvalue weighted by molar-refractivity contribution is 7.89. The highest BCUT2D eigenvalue weighted by Gasteiger charge is 2.25. The van der Waals surface area contributed by atoms with Crippen LogP contribution >= 0.6 is 11.3 Å². The Labute approximate surface area is 203 Å². The largest absolute Gasteiger partial charge is 0.298 e. The van der Waals surface area contributed by atoms with E-state index in [1.807, 2.05) is 13.8 Å². The maximum Gasteiger partial charge on any atom is 0.273 e. The van der Waals surface area contributed by atoms with E-state index in [0.29, 0.717) is 23.3 Å². The Hall–Kier alpha value is -2.89. The lowest BCUT2D eigenvalue weighted by atomic mass is 10.1. The number of carbonyl (C=O) groups excluding carboxylic acids is 1. The van der Waals surface area contributed by atoms with Crippen molar-refractivity contribution in [3.05, 3.63) is 57.6 Å². The number of nitro groups is 1. The first-order chi connectivity index (χ1) is 16.2. The number of nitrogens with one attached hydrogen (secondary N) is 1. The molecule has 0 spiro atoms. The Morgan fingerprint density at radius 1 is 1.15 bits per heavy atom. The lowest BCUT2D eigenvalue weighted by Gasteiger charge is -2.21. The third-order valence-corrected chi connectivity index (χ3v) is 8.32. The van der Waals surface area contributed by atoms with Crippen LogP contribution in [0.3, 0.4) is 0 Å². The Morgan fingerprint density at radius 3 is 2.44 bits per heavy atom. The van der Waals surface area contributed by atoms with Crippen LogP contribution in [0.2, 0.25) is 0 Å². The molecule has 0 unspecified atom stereocenters. The van der Waals surface area contributed by atoms with E-state index in [1.54, 1.807) is 18.2 Å². The van der Waals surface area contributed by atoms with Crippen LogP contribution in [-0.4, -0.2) is 41.6 Å². The highest BCUT2D eigenvalue weighted by Crippen LogP contribution is 2.30. The van der Waals surface area contributed by atoms with Crippen molar-refractivity contribution in [2.45, 2.75) is 51.3 Å². The zero-order chi connectivity index (χ0) is 24.9. The fraction of sp³-hybridized carbons (Fsp3) is 0.391. The summed E-state index contributed by atoms with van der Waals surface area (Å²) in [5, 5.41) is 14.1. The topological polar surface area (TPSA) is 123 Å². The summed E-state index contributed by atoms with van der Waals surface area (Å²) >= 11 is 1.15. The number of hydrogen-bond acceptors (Lipinski definition) is 7. The van der Waals surface area contributed by atoms with Gasteiger partial charge in [-0.3, -0.25) is 20.2 Å². The van der Waals surface area contributed by atoms with Crippen molar-refractivity contribution in [1.29, 1.82) is 0 Å². The Kier molecular flexibility index (Phi) is 8.34. The zero-order valence-corrected chi connectivity index (χ0v) is 21.0. The Balaban J connectivity index is 1.87. The van der Waals surface area contributed by atoms with Gasteiger partial charge in [0.15, 0.2) is 5.13 Å². The van der Waals surface area contributed by atoms with Crippen molar-refractivity contribution >= 4 is 48.3 Å². The summed E-state index contributed by atoms with van der Waals surface area (Å²) in [6.45, 7) is 6.52. The van der Waals surface area contributed by atoms with Gasteiger partial charge in [-0.05, 0) is 44.0 Å². The molecule has 11 heteroatoms. The molecule has 0 radical (unpaired) electrons. The van der Waals surface area contributed by atoms with Gasteiger partial charge >= 0.3 is 0 Å². The smallest absolute Gasteiger partial charge is 0.273 e. The van der Waals surface area contributed by atoms with Gasteiger partial charge in [0.25, 0.3) is 11.6 Å². The first kappa shape index (κ1) is 25.7. The number of anilines is 1. The highest BCUT2D eigenvalue weighted by atomic mass is 32.2. The van der Waals surface area contributed by atoms with Crippen molar-refractivity contribution < 1.29 is 18.1 Å². The van der Waals surface area contributed by atoms with Crippen LogP contribution in [-0.2, 0) is 10.0 Å². The van der Waals surface area contributed by atoms with Gasteiger partial charge in [-0.25, -0.2) is 13.4 Å². The molecule has 9 nitrogen and oxygen atoms in total. The lowest BCUT2D eigenvalue weighted by molar-refractivity contribution is -0.385. The molecule has 1 aromatic heterocycles. The molecule has 0 saturated carbocycles. The Bertz CT molecular complexity index is 1300. The number of sulfonamides is 1. The number of nitrogens with zero attached hydrogens (tertiary/aromatic N) is 3. The molecule has 0 aliphatic rings. The van der Waals surface area contributed by atoms with E-state index in [2.05, 4.69) is 10.3 Å². The predicted octanol–water partition coefficient (Wildman–Crippen LogP) is 5.36. The van der Waals surface area contributed by atoms with Crippen LogP contribution in [0.25, 0.3) is 10.2 Å². The number of amides is 1. The van der Waals surface area contributed by atoms with E-state index in [-0.39, 0.29) is 26.8 Å². The van der Waals surface area contributed by atoms with Crippen LogP contribution in [0.1, 0.15) is 55.5 Å². The number of hydrogen-bond donors (Lipinski definition) is 1. The molecule has 34 heavy (non-hydrogen) atoms. The molecule has 0 saturated heterocycles. The van der Waals surface area contributed by atoms with Crippen LogP contribution in [0.5, 0.6) is 0 Å². The van der Waals surface area contributed by atoms with E-state index in [9.17, 15) is 23.3 Å². The molecule has 3 aromatic rings. The number of thiazole rings is 1. The van der Waals surface area contributed by atoms with E-state index < -0.39 is 20.9 Å². The van der Waals surface area contributed by atoms with Gasteiger partial charge in [-0.15, -0.1) is 0 Å². The SMILES string of the molecule is CCCCN(CCCC)S(=O)(=O)c1ccc2nc(NC(=O)c3cccc([N+](=O)[O-])c3C)sc2c1. The van der Waals surface area contributed by atoms with Gasteiger partial charge in [0.2, 0.25) is 10.0 Å². The summed E-state index contributed by atoms with van der Waals surface area (Å²) in [6.07, 6.45) is 3.39. The average Bonchev–Trinajstić information content (AvgIpc) is 3.20. The molecule has 1 N–H and O–H groups in total. The van der Waals surface area contributed by atoms with Gasteiger partial charge < -0.3 is 0 Å². The summed E-state index contributed by atoms with van der Waals surface area (Å²) in [5.41, 5.74) is 0.865. The minimum Gasteiger partial charge on any atom is -0.298 e. The fourth-order valence-corrected chi connectivity index (χ4v) is 6.04. The number of nitro benzene ring substituents is 1. The number of benzene rings is 2. The van der Waals surface area contributed by atoms with Gasteiger partial charge in [-0.2, -0.15) is 4.31 Å².